The average Bonchev–Trinajstić information content (AvgIpc) is 2.16. The molecule has 1 atom stereocenters. The van der Waals surface area contributed by atoms with Gasteiger partial charge in [0.25, 0.3) is 0 Å². The van der Waals surface area contributed by atoms with Gasteiger partial charge in [-0.25, -0.2) is 8.42 Å². The van der Waals surface area contributed by atoms with Gasteiger partial charge in [-0.1, -0.05) is 30.3 Å². The highest BCUT2D eigenvalue weighted by molar-refractivity contribution is 7.88. The van der Waals surface area contributed by atoms with Gasteiger partial charge < -0.3 is 4.79 Å². The van der Waals surface area contributed by atoms with E-state index in [2.05, 4.69) is 4.72 Å². The monoisotopic (exact) mass is 227 g/mol. The summed E-state index contributed by atoms with van der Waals surface area (Å²) in [4.78, 5) is 11.0. The van der Waals surface area contributed by atoms with Gasteiger partial charge in [-0.3, -0.25) is 0 Å². The summed E-state index contributed by atoms with van der Waals surface area (Å²) < 4.78 is 24.5. The largest absolute Gasteiger partial charge is 0.301 e. The standard InChI is InChI=1S/C10H13NO3S/c1-10(8-12,11-15(2,13)14)9-6-4-3-5-7-9/h3-8,11H,1-2H3. The van der Waals surface area contributed by atoms with Crippen LogP contribution in [0.3, 0.4) is 0 Å². The normalized spacial score (nSPS) is 15.6. The minimum absolute atomic E-state index is 0.587. The lowest BCUT2D eigenvalue weighted by Crippen LogP contribution is -2.44. The maximum atomic E-state index is 11.1. The van der Waals surface area contributed by atoms with Crippen LogP contribution in [0.25, 0.3) is 0 Å². The van der Waals surface area contributed by atoms with Crippen molar-refractivity contribution in [2.45, 2.75) is 12.5 Å². The summed E-state index contributed by atoms with van der Waals surface area (Å²) in [6, 6.07) is 8.70. The summed E-state index contributed by atoms with van der Waals surface area (Å²) in [5.41, 5.74) is -0.583. The van der Waals surface area contributed by atoms with Gasteiger partial charge in [0.1, 0.15) is 11.8 Å². The highest BCUT2D eigenvalue weighted by Gasteiger charge is 2.29. The summed E-state index contributed by atoms with van der Waals surface area (Å²) >= 11 is 0. The van der Waals surface area contributed by atoms with E-state index in [1.807, 2.05) is 0 Å². The van der Waals surface area contributed by atoms with Gasteiger partial charge in [-0.05, 0) is 12.5 Å². The van der Waals surface area contributed by atoms with E-state index in [9.17, 15) is 13.2 Å². The van der Waals surface area contributed by atoms with Crippen molar-refractivity contribution in [3.63, 3.8) is 0 Å². The van der Waals surface area contributed by atoms with E-state index in [1.54, 1.807) is 30.3 Å². The van der Waals surface area contributed by atoms with E-state index < -0.39 is 15.6 Å². The van der Waals surface area contributed by atoms with Gasteiger partial charge in [-0.15, -0.1) is 0 Å². The number of rotatable bonds is 4. The first-order valence-corrected chi connectivity index (χ1v) is 6.27. The zero-order chi connectivity index (χ0) is 11.5. The molecule has 0 aliphatic heterocycles. The summed E-state index contributed by atoms with van der Waals surface area (Å²) in [7, 11) is -3.42. The Morgan fingerprint density at radius 2 is 1.80 bits per heavy atom. The minimum Gasteiger partial charge on any atom is -0.301 e. The topological polar surface area (TPSA) is 63.2 Å². The molecule has 0 aliphatic carbocycles. The van der Waals surface area contributed by atoms with E-state index in [4.69, 9.17) is 0 Å². The molecule has 0 radical (unpaired) electrons. The fourth-order valence-corrected chi connectivity index (χ4v) is 2.26. The molecule has 0 bridgehead atoms. The van der Waals surface area contributed by atoms with Crippen molar-refractivity contribution in [2.24, 2.45) is 0 Å². The highest BCUT2D eigenvalue weighted by atomic mass is 32.2. The van der Waals surface area contributed by atoms with Gasteiger partial charge in [-0.2, -0.15) is 4.72 Å². The molecule has 5 heteroatoms. The maximum Gasteiger partial charge on any atom is 0.209 e. The second-order valence-corrected chi connectivity index (χ2v) is 5.31. The molecule has 15 heavy (non-hydrogen) atoms. The van der Waals surface area contributed by atoms with Crippen LogP contribution in [0.4, 0.5) is 0 Å². The van der Waals surface area contributed by atoms with Crippen LogP contribution in [0.1, 0.15) is 12.5 Å². The first kappa shape index (κ1) is 11.9. The van der Waals surface area contributed by atoms with Crippen LogP contribution < -0.4 is 4.72 Å². The quantitative estimate of drug-likeness (QED) is 0.768. The van der Waals surface area contributed by atoms with E-state index in [0.717, 1.165) is 6.26 Å². The summed E-state index contributed by atoms with van der Waals surface area (Å²) in [5.74, 6) is 0. The molecule has 0 fully saturated rings. The molecule has 1 N–H and O–H groups in total. The Balaban J connectivity index is 3.12. The van der Waals surface area contributed by atoms with Crippen molar-refractivity contribution >= 4 is 16.3 Å². The molecule has 1 rings (SSSR count). The molecule has 1 aromatic carbocycles. The van der Waals surface area contributed by atoms with Gasteiger partial charge >= 0.3 is 0 Å². The lowest BCUT2D eigenvalue weighted by Gasteiger charge is -2.23. The molecule has 0 heterocycles. The number of sulfonamides is 1. The Hall–Kier alpha value is -1.20. The molecule has 82 valence electrons. The fourth-order valence-electron chi connectivity index (χ4n) is 1.32. The van der Waals surface area contributed by atoms with Crippen LogP contribution in [0.5, 0.6) is 0 Å². The molecule has 4 nitrogen and oxygen atoms in total. The number of aldehydes is 1. The lowest BCUT2D eigenvalue weighted by atomic mass is 9.95. The second kappa shape index (κ2) is 4.12. The number of carbonyl (C=O) groups excluding carboxylic acids is 1. The summed E-state index contributed by atoms with van der Waals surface area (Å²) in [5, 5.41) is 0. The molecular weight excluding hydrogens is 214 g/mol. The Morgan fingerprint density at radius 1 is 1.27 bits per heavy atom. The predicted octanol–water partition coefficient (Wildman–Crippen LogP) is 0.650. The van der Waals surface area contributed by atoms with E-state index in [1.165, 1.54) is 6.92 Å². The summed E-state index contributed by atoms with van der Waals surface area (Å²) in [6.45, 7) is 1.52. The van der Waals surface area contributed by atoms with Gasteiger partial charge in [0.2, 0.25) is 10.0 Å². The minimum atomic E-state index is -3.42. The van der Waals surface area contributed by atoms with Crippen molar-refractivity contribution in [3.8, 4) is 0 Å². The Bertz CT molecular complexity index is 441. The zero-order valence-corrected chi connectivity index (χ0v) is 9.41. The van der Waals surface area contributed by atoms with Crippen LogP contribution in [0.2, 0.25) is 0 Å². The first-order valence-electron chi connectivity index (χ1n) is 4.38. The van der Waals surface area contributed by atoms with Crippen molar-refractivity contribution in [1.82, 2.24) is 4.72 Å². The van der Waals surface area contributed by atoms with Crippen molar-refractivity contribution < 1.29 is 13.2 Å². The number of carbonyl (C=O) groups is 1. The first-order chi connectivity index (χ1) is 6.87. The smallest absolute Gasteiger partial charge is 0.209 e. The fraction of sp³-hybridized carbons (Fsp3) is 0.300. The van der Waals surface area contributed by atoms with E-state index >= 15 is 0 Å². The SMILES string of the molecule is CC(C=O)(NS(C)(=O)=O)c1ccccc1. The maximum absolute atomic E-state index is 11.1. The predicted molar refractivity (Wildman–Crippen MR) is 57.8 cm³/mol. The van der Waals surface area contributed by atoms with Crippen LogP contribution >= 0.6 is 0 Å². The van der Waals surface area contributed by atoms with E-state index in [0.29, 0.717) is 11.8 Å². The third-order valence-electron chi connectivity index (χ3n) is 2.01. The van der Waals surface area contributed by atoms with Crippen molar-refractivity contribution in [1.29, 1.82) is 0 Å². The molecular formula is C10H13NO3S. The molecule has 1 aromatic rings. The number of hydrogen-bond donors (Lipinski definition) is 1. The van der Waals surface area contributed by atoms with Crippen LogP contribution in [0, 0.1) is 0 Å². The second-order valence-electron chi connectivity index (χ2n) is 3.56. The molecule has 0 saturated heterocycles. The van der Waals surface area contributed by atoms with Crippen molar-refractivity contribution in [3.05, 3.63) is 35.9 Å². The number of benzene rings is 1. The average molecular weight is 227 g/mol. The molecule has 0 spiro atoms. The molecule has 0 aromatic heterocycles. The molecule has 0 aliphatic rings. The Kier molecular flexibility index (Phi) is 3.26. The third-order valence-corrected chi connectivity index (χ3v) is 2.80. The van der Waals surface area contributed by atoms with Gasteiger partial charge in [0.05, 0.1) is 6.26 Å². The van der Waals surface area contributed by atoms with Gasteiger partial charge in [0.15, 0.2) is 0 Å². The molecule has 0 amide bonds. The van der Waals surface area contributed by atoms with Crippen molar-refractivity contribution in [2.75, 3.05) is 6.26 Å². The van der Waals surface area contributed by atoms with Crippen LogP contribution in [0.15, 0.2) is 30.3 Å². The Morgan fingerprint density at radius 3 is 2.20 bits per heavy atom. The molecule has 0 saturated carbocycles. The number of hydrogen-bond acceptors (Lipinski definition) is 3. The van der Waals surface area contributed by atoms with Gasteiger partial charge in [0, 0.05) is 0 Å². The Labute approximate surface area is 89.4 Å². The molecule has 1 unspecified atom stereocenters. The third kappa shape index (κ3) is 3.14. The van der Waals surface area contributed by atoms with E-state index in [-0.39, 0.29) is 0 Å². The summed E-state index contributed by atoms with van der Waals surface area (Å²) in [6.07, 6.45) is 1.61. The number of nitrogens with one attached hydrogen (secondary N) is 1. The van der Waals surface area contributed by atoms with Crippen LogP contribution in [-0.2, 0) is 20.4 Å². The zero-order valence-electron chi connectivity index (χ0n) is 8.60. The lowest BCUT2D eigenvalue weighted by molar-refractivity contribution is -0.112. The highest BCUT2D eigenvalue weighted by Crippen LogP contribution is 2.18. The van der Waals surface area contributed by atoms with Crippen LogP contribution in [-0.4, -0.2) is 21.0 Å².